The van der Waals surface area contributed by atoms with Crippen molar-refractivity contribution in [2.75, 3.05) is 13.2 Å². The van der Waals surface area contributed by atoms with E-state index in [1.54, 1.807) is 6.07 Å². The van der Waals surface area contributed by atoms with E-state index in [9.17, 15) is 4.57 Å². The van der Waals surface area contributed by atoms with E-state index >= 15 is 0 Å². The van der Waals surface area contributed by atoms with Gasteiger partial charge in [-0.2, -0.15) is 0 Å². The summed E-state index contributed by atoms with van der Waals surface area (Å²) in [5.41, 5.74) is 4.39. The van der Waals surface area contributed by atoms with Crippen LogP contribution in [0.3, 0.4) is 0 Å². The smallest absolute Gasteiger partial charge is 0.305 e. The first-order valence-electron chi connectivity index (χ1n) is 11.1. The second-order valence-electron chi connectivity index (χ2n) is 9.10. The number of benzene rings is 2. The molecule has 3 aromatic rings. The van der Waals surface area contributed by atoms with Gasteiger partial charge in [0.2, 0.25) is 0 Å². The van der Waals surface area contributed by atoms with Crippen LogP contribution in [-0.2, 0) is 19.0 Å². The van der Waals surface area contributed by atoms with Gasteiger partial charge in [-0.25, -0.2) is 4.98 Å². The zero-order valence-corrected chi connectivity index (χ0v) is 20.6. The van der Waals surface area contributed by atoms with E-state index < -0.39 is 7.60 Å². The second-order valence-corrected chi connectivity index (χ2v) is 11.1. The highest BCUT2D eigenvalue weighted by atomic mass is 31.2. The third-order valence-corrected chi connectivity index (χ3v) is 8.72. The summed E-state index contributed by atoms with van der Waals surface area (Å²) in [5.74, 6) is 0. The Kier molecular flexibility index (Phi) is 5.87. The minimum absolute atomic E-state index is 0.112. The van der Waals surface area contributed by atoms with E-state index in [4.69, 9.17) is 19.0 Å². The summed E-state index contributed by atoms with van der Waals surface area (Å²) in [7, 11) is -3.38. The topological polar surface area (TPSA) is 60.8 Å². The Bertz CT molecular complexity index is 1240. The van der Waals surface area contributed by atoms with Crippen molar-refractivity contribution in [1.82, 2.24) is 4.98 Å². The van der Waals surface area contributed by atoms with Crippen LogP contribution in [0.5, 0.6) is 0 Å². The Balaban J connectivity index is 1.87. The summed E-state index contributed by atoms with van der Waals surface area (Å²) in [6, 6.07) is 18.0. The maximum Gasteiger partial charge on any atom is 0.361 e. The zero-order valence-electron chi connectivity index (χ0n) is 19.7. The van der Waals surface area contributed by atoms with Gasteiger partial charge < -0.3 is 9.05 Å². The summed E-state index contributed by atoms with van der Waals surface area (Å²) >= 11 is 0. The van der Waals surface area contributed by atoms with Crippen molar-refractivity contribution in [3.05, 3.63) is 71.4 Å². The molecule has 0 spiro atoms. The third-order valence-electron chi connectivity index (χ3n) is 6.61. The number of fused-ring (bicyclic) bond motifs is 2. The van der Waals surface area contributed by atoms with Gasteiger partial charge in [-0.05, 0) is 51.5 Å². The van der Waals surface area contributed by atoms with E-state index in [0.717, 1.165) is 27.9 Å². The van der Waals surface area contributed by atoms with Crippen molar-refractivity contribution in [2.24, 2.45) is 4.99 Å². The number of aliphatic imine (C=N–C) groups is 1. The van der Waals surface area contributed by atoms with Crippen LogP contribution < -0.4 is 5.30 Å². The van der Waals surface area contributed by atoms with E-state index in [1.807, 2.05) is 44.2 Å². The molecule has 0 saturated heterocycles. The van der Waals surface area contributed by atoms with Gasteiger partial charge in [-0.15, -0.1) is 0 Å². The minimum atomic E-state index is -3.38. The standard InChI is InChI=1S/C26H31N2O3P/c1-7-30-32(29,31-8-2)19-15-13-18-14-16-22(27-23(18)17-19)24-20-11-9-10-12-21(20)25(3,4)26(5,6)28-24/h9-17H,7-8H2,1-6H3. The van der Waals surface area contributed by atoms with Crippen molar-refractivity contribution >= 4 is 29.5 Å². The Morgan fingerprint density at radius 2 is 1.56 bits per heavy atom. The van der Waals surface area contributed by atoms with Crippen molar-refractivity contribution in [2.45, 2.75) is 52.5 Å². The fourth-order valence-corrected chi connectivity index (χ4v) is 5.76. The van der Waals surface area contributed by atoms with Crippen LogP contribution in [0.2, 0.25) is 0 Å². The normalized spacial score (nSPS) is 17.1. The number of pyridine rings is 1. The molecule has 0 aliphatic carbocycles. The van der Waals surface area contributed by atoms with Gasteiger partial charge >= 0.3 is 7.60 Å². The Morgan fingerprint density at radius 1 is 0.906 bits per heavy atom. The van der Waals surface area contributed by atoms with Crippen LogP contribution in [0, 0.1) is 0 Å². The van der Waals surface area contributed by atoms with Gasteiger partial charge in [-0.3, -0.25) is 9.56 Å². The van der Waals surface area contributed by atoms with E-state index in [2.05, 4.69) is 45.9 Å². The minimum Gasteiger partial charge on any atom is -0.305 e. The van der Waals surface area contributed by atoms with Crippen LogP contribution in [-0.4, -0.2) is 29.4 Å². The number of rotatable bonds is 6. The van der Waals surface area contributed by atoms with Gasteiger partial charge in [0, 0.05) is 16.4 Å². The number of nitrogens with zero attached hydrogens (tertiary/aromatic N) is 2. The molecule has 1 aliphatic rings. The summed E-state index contributed by atoms with van der Waals surface area (Å²) in [6.07, 6.45) is 0. The molecule has 0 amide bonds. The maximum absolute atomic E-state index is 13.3. The average Bonchev–Trinajstić information content (AvgIpc) is 2.76. The monoisotopic (exact) mass is 450 g/mol. The van der Waals surface area contributed by atoms with E-state index in [-0.39, 0.29) is 11.0 Å². The van der Waals surface area contributed by atoms with E-state index in [1.165, 1.54) is 5.56 Å². The lowest BCUT2D eigenvalue weighted by Crippen LogP contribution is -2.46. The molecule has 1 aromatic heterocycles. The van der Waals surface area contributed by atoms with Crippen molar-refractivity contribution in [3.8, 4) is 0 Å². The van der Waals surface area contributed by atoms with Crippen molar-refractivity contribution < 1.29 is 13.6 Å². The molecule has 0 radical (unpaired) electrons. The van der Waals surface area contributed by atoms with Crippen LogP contribution in [0.15, 0.2) is 59.6 Å². The Morgan fingerprint density at radius 3 is 2.25 bits per heavy atom. The molecule has 5 nitrogen and oxygen atoms in total. The molecule has 0 unspecified atom stereocenters. The van der Waals surface area contributed by atoms with Crippen LogP contribution in [0.4, 0.5) is 0 Å². The van der Waals surface area contributed by atoms with Gasteiger partial charge in [-0.1, -0.05) is 50.2 Å². The summed E-state index contributed by atoms with van der Waals surface area (Å²) in [4.78, 5) is 10.1. The lowest BCUT2D eigenvalue weighted by molar-refractivity contribution is 0.230. The number of aromatic nitrogens is 1. The number of hydrogen-bond donors (Lipinski definition) is 0. The number of hydrogen-bond acceptors (Lipinski definition) is 5. The first-order chi connectivity index (χ1) is 15.1. The molecule has 1 aliphatic heterocycles. The molecule has 32 heavy (non-hydrogen) atoms. The van der Waals surface area contributed by atoms with Gasteiger partial charge in [0.05, 0.1) is 41.0 Å². The molecule has 4 rings (SSSR count). The molecule has 6 heteroatoms. The summed E-state index contributed by atoms with van der Waals surface area (Å²) in [5, 5.41) is 1.48. The molecule has 0 saturated carbocycles. The predicted molar refractivity (Wildman–Crippen MR) is 131 cm³/mol. The second kappa shape index (κ2) is 8.22. The van der Waals surface area contributed by atoms with Crippen LogP contribution in [0.25, 0.3) is 10.9 Å². The largest absolute Gasteiger partial charge is 0.361 e. The Labute approximate surface area is 190 Å². The van der Waals surface area contributed by atoms with E-state index in [0.29, 0.717) is 18.5 Å². The van der Waals surface area contributed by atoms with Gasteiger partial charge in [0.1, 0.15) is 0 Å². The van der Waals surface area contributed by atoms with Crippen molar-refractivity contribution in [3.63, 3.8) is 0 Å². The molecule has 168 valence electrons. The van der Waals surface area contributed by atoms with Crippen LogP contribution >= 0.6 is 7.60 Å². The first-order valence-corrected chi connectivity index (χ1v) is 12.7. The van der Waals surface area contributed by atoms with Gasteiger partial charge in [0.25, 0.3) is 0 Å². The predicted octanol–water partition coefficient (Wildman–Crippen LogP) is 6.03. The summed E-state index contributed by atoms with van der Waals surface area (Å²) in [6.45, 7) is 13.1. The highest BCUT2D eigenvalue weighted by Gasteiger charge is 2.43. The molecular formula is C26H31N2O3P. The fraction of sp³-hybridized carbons (Fsp3) is 0.385. The quantitative estimate of drug-likeness (QED) is 0.430. The maximum atomic E-state index is 13.3. The third kappa shape index (κ3) is 3.73. The Hall–Kier alpha value is -2.33. The highest BCUT2D eigenvalue weighted by molar-refractivity contribution is 7.62. The average molecular weight is 451 g/mol. The SMILES string of the molecule is CCOP(=O)(OCC)c1ccc2ccc(C3=NC(C)(C)C(C)(C)c4ccccc43)nc2c1. The molecule has 2 heterocycles. The zero-order chi connectivity index (χ0) is 23.1. The first kappa shape index (κ1) is 22.8. The molecule has 2 aromatic carbocycles. The molecular weight excluding hydrogens is 419 g/mol. The molecule has 0 bridgehead atoms. The van der Waals surface area contributed by atoms with Gasteiger partial charge in [0.15, 0.2) is 0 Å². The lowest BCUT2D eigenvalue weighted by Gasteiger charge is -2.44. The van der Waals surface area contributed by atoms with Crippen molar-refractivity contribution in [1.29, 1.82) is 0 Å². The van der Waals surface area contributed by atoms with Crippen LogP contribution in [0.1, 0.15) is 58.4 Å². The molecule has 0 atom stereocenters. The molecule has 0 fully saturated rings. The highest BCUT2D eigenvalue weighted by Crippen LogP contribution is 2.47. The summed E-state index contributed by atoms with van der Waals surface area (Å²) < 4.78 is 24.3. The molecule has 0 N–H and O–H groups in total. The lowest BCUT2D eigenvalue weighted by atomic mass is 9.66. The fourth-order valence-electron chi connectivity index (χ4n) is 4.17.